The van der Waals surface area contributed by atoms with Gasteiger partial charge in [0.2, 0.25) is 0 Å². The predicted molar refractivity (Wildman–Crippen MR) is 152 cm³/mol. The quantitative estimate of drug-likeness (QED) is 0.216. The maximum Gasteiger partial charge on any atom is 0.416 e. The molecular weight excluding hydrogens is 533 g/mol. The number of nitrogens with zero attached hydrogens (tertiary/aromatic N) is 3. The fourth-order valence-corrected chi connectivity index (χ4v) is 5.28. The Labute approximate surface area is 234 Å². The number of nitrogens with one attached hydrogen (secondary N) is 1. The molecule has 1 aliphatic rings. The van der Waals surface area contributed by atoms with E-state index in [0.717, 1.165) is 35.0 Å². The molecule has 0 saturated carbocycles. The van der Waals surface area contributed by atoms with Crippen LogP contribution < -0.4 is 15.0 Å². The largest absolute Gasteiger partial charge is 0.457 e. The number of alkyl halides is 3. The van der Waals surface area contributed by atoms with Crippen molar-refractivity contribution in [1.29, 1.82) is 0 Å². The van der Waals surface area contributed by atoms with Crippen LogP contribution in [0.5, 0.6) is 11.5 Å². The minimum Gasteiger partial charge on any atom is -0.457 e. The van der Waals surface area contributed by atoms with Crippen molar-refractivity contribution in [2.75, 3.05) is 4.90 Å². The number of rotatable bonds is 6. The highest BCUT2D eigenvalue weighted by Gasteiger charge is 2.42. The molecule has 0 spiro atoms. The maximum atomic E-state index is 13.5. The molecule has 5 aromatic rings. The van der Waals surface area contributed by atoms with Gasteiger partial charge in [0, 0.05) is 29.5 Å². The number of para-hydroxylation sites is 1. The van der Waals surface area contributed by atoms with Crippen LogP contribution in [-0.4, -0.2) is 14.7 Å². The molecule has 9 heteroatoms. The van der Waals surface area contributed by atoms with Crippen LogP contribution in [0.15, 0.2) is 122 Å². The molecule has 200 valence electrons. The van der Waals surface area contributed by atoms with Crippen molar-refractivity contribution < 1.29 is 17.9 Å². The first-order valence-electron chi connectivity index (χ1n) is 12.6. The highest BCUT2D eigenvalue weighted by Crippen LogP contribution is 2.43. The average molecular weight is 557 g/mol. The average Bonchev–Trinajstić information content (AvgIpc) is 3.59. The second-order valence-corrected chi connectivity index (χ2v) is 9.64. The van der Waals surface area contributed by atoms with Crippen molar-refractivity contribution >= 4 is 23.0 Å². The molecule has 3 aromatic carbocycles. The molecule has 2 unspecified atom stereocenters. The molecule has 5 nitrogen and oxygen atoms in total. The molecule has 40 heavy (non-hydrogen) atoms. The number of pyridine rings is 1. The number of anilines is 1. The number of aromatic nitrogens is 2. The summed E-state index contributed by atoms with van der Waals surface area (Å²) in [5, 5.41) is 3.88. The number of ether oxygens (including phenoxy) is 1. The molecule has 0 bridgehead atoms. The molecular formula is C31H23F3N4OS. The van der Waals surface area contributed by atoms with E-state index in [1.54, 1.807) is 23.0 Å². The number of hydrogen-bond acceptors (Lipinski definition) is 3. The zero-order valence-corrected chi connectivity index (χ0v) is 21.8. The Morgan fingerprint density at radius 1 is 0.775 bits per heavy atom. The van der Waals surface area contributed by atoms with Crippen LogP contribution in [0.1, 0.15) is 29.0 Å². The van der Waals surface area contributed by atoms with Crippen LogP contribution in [0.25, 0.3) is 5.69 Å². The molecule has 1 N–H and O–H groups in total. The minimum atomic E-state index is -4.45. The van der Waals surface area contributed by atoms with Crippen molar-refractivity contribution in [2.24, 2.45) is 0 Å². The molecule has 6 rings (SSSR count). The number of halogens is 3. The zero-order valence-electron chi connectivity index (χ0n) is 21.0. The molecule has 1 aliphatic heterocycles. The Kier molecular flexibility index (Phi) is 6.73. The Morgan fingerprint density at radius 3 is 2.25 bits per heavy atom. The van der Waals surface area contributed by atoms with Gasteiger partial charge in [-0.15, -0.1) is 0 Å². The van der Waals surface area contributed by atoms with Crippen molar-refractivity contribution in [3.8, 4) is 17.2 Å². The minimum absolute atomic E-state index is 0.353. The van der Waals surface area contributed by atoms with Gasteiger partial charge in [-0.1, -0.05) is 30.3 Å². The van der Waals surface area contributed by atoms with Gasteiger partial charge in [-0.3, -0.25) is 4.98 Å². The summed E-state index contributed by atoms with van der Waals surface area (Å²) >= 11 is 5.82. The second-order valence-electron chi connectivity index (χ2n) is 9.26. The molecule has 1 fully saturated rings. The van der Waals surface area contributed by atoms with Gasteiger partial charge in [-0.05, 0) is 91.1 Å². The summed E-state index contributed by atoms with van der Waals surface area (Å²) in [7, 11) is 0. The van der Waals surface area contributed by atoms with Crippen LogP contribution in [0, 0.1) is 0 Å². The third kappa shape index (κ3) is 5.03. The van der Waals surface area contributed by atoms with Gasteiger partial charge in [0.25, 0.3) is 0 Å². The monoisotopic (exact) mass is 556 g/mol. The lowest BCUT2D eigenvalue weighted by molar-refractivity contribution is -0.137. The Balaban J connectivity index is 1.41. The first-order chi connectivity index (χ1) is 19.4. The first-order valence-corrected chi connectivity index (χ1v) is 13.0. The summed E-state index contributed by atoms with van der Waals surface area (Å²) in [5.41, 5.74) is 2.01. The summed E-state index contributed by atoms with van der Waals surface area (Å²) in [6.45, 7) is 0. The predicted octanol–water partition coefficient (Wildman–Crippen LogP) is 7.86. The van der Waals surface area contributed by atoms with Gasteiger partial charge in [-0.25, -0.2) is 0 Å². The Morgan fingerprint density at radius 2 is 1.52 bits per heavy atom. The summed E-state index contributed by atoms with van der Waals surface area (Å²) in [6, 6.07) is 30.9. The fourth-order valence-electron chi connectivity index (χ4n) is 4.94. The first kappa shape index (κ1) is 25.6. The molecule has 2 aromatic heterocycles. The molecule has 3 heterocycles. The second kappa shape index (κ2) is 10.5. The standard InChI is InChI=1S/C31H23F3N4OS/c32-31(33,34)21-8-6-9-23(20-21)37-19-7-13-27(37)29-28(26-12-4-5-18-35-26)36-30(40)38(29)22-14-16-25(17-15-22)39-24-10-2-1-3-11-24/h1-20,28-29H,(H,36,40). The smallest absolute Gasteiger partial charge is 0.416 e. The summed E-state index contributed by atoms with van der Waals surface area (Å²) in [6.07, 6.45) is -0.982. The highest BCUT2D eigenvalue weighted by molar-refractivity contribution is 7.80. The van der Waals surface area contributed by atoms with Crippen molar-refractivity contribution in [1.82, 2.24) is 14.9 Å². The summed E-state index contributed by atoms with van der Waals surface area (Å²) in [5.74, 6) is 1.39. The van der Waals surface area contributed by atoms with Gasteiger partial charge in [0.05, 0.1) is 17.3 Å². The van der Waals surface area contributed by atoms with Crippen LogP contribution in [-0.2, 0) is 6.18 Å². The molecule has 1 saturated heterocycles. The van der Waals surface area contributed by atoms with Gasteiger partial charge in [-0.2, -0.15) is 13.2 Å². The zero-order chi connectivity index (χ0) is 27.7. The van der Waals surface area contributed by atoms with Crippen molar-refractivity contribution in [2.45, 2.75) is 18.3 Å². The van der Waals surface area contributed by atoms with E-state index in [4.69, 9.17) is 17.0 Å². The van der Waals surface area contributed by atoms with E-state index in [0.29, 0.717) is 16.5 Å². The molecule has 2 atom stereocenters. The normalized spacial score (nSPS) is 17.1. The maximum absolute atomic E-state index is 13.5. The van der Waals surface area contributed by atoms with E-state index in [9.17, 15) is 13.2 Å². The van der Waals surface area contributed by atoms with E-state index in [-0.39, 0.29) is 6.04 Å². The SMILES string of the molecule is FC(F)(F)c1cccc(-n2cccc2C2C(c3ccccn3)NC(=S)N2c2ccc(Oc3ccccc3)cc2)c1. The van der Waals surface area contributed by atoms with Crippen LogP contribution in [0.2, 0.25) is 0 Å². The van der Waals surface area contributed by atoms with Gasteiger partial charge < -0.3 is 19.5 Å². The van der Waals surface area contributed by atoms with Gasteiger partial charge in [0.1, 0.15) is 17.5 Å². The summed E-state index contributed by atoms with van der Waals surface area (Å²) in [4.78, 5) is 6.54. The van der Waals surface area contributed by atoms with E-state index in [1.165, 1.54) is 6.07 Å². The third-order valence-corrected chi connectivity index (χ3v) is 7.04. The van der Waals surface area contributed by atoms with Crippen molar-refractivity contribution in [3.63, 3.8) is 0 Å². The third-order valence-electron chi connectivity index (χ3n) is 6.73. The topological polar surface area (TPSA) is 42.3 Å². The number of thiocarbonyl (C=S) groups is 1. The molecule has 0 amide bonds. The lowest BCUT2D eigenvalue weighted by Gasteiger charge is -2.29. The number of hydrogen-bond donors (Lipinski definition) is 1. The van der Waals surface area contributed by atoms with Crippen LogP contribution in [0.3, 0.4) is 0 Å². The highest BCUT2D eigenvalue weighted by atomic mass is 32.1. The van der Waals surface area contributed by atoms with Crippen LogP contribution >= 0.6 is 12.2 Å². The molecule has 0 radical (unpaired) electrons. The van der Waals surface area contributed by atoms with Gasteiger partial charge >= 0.3 is 6.18 Å². The fraction of sp³-hybridized carbons (Fsp3) is 0.0968. The van der Waals surface area contributed by atoms with E-state index < -0.39 is 17.8 Å². The van der Waals surface area contributed by atoms with Gasteiger partial charge in [0.15, 0.2) is 5.11 Å². The van der Waals surface area contributed by atoms with Crippen LogP contribution in [0.4, 0.5) is 18.9 Å². The lowest BCUT2D eigenvalue weighted by Crippen LogP contribution is -2.30. The lowest BCUT2D eigenvalue weighted by atomic mass is 10.0. The van der Waals surface area contributed by atoms with E-state index >= 15 is 0 Å². The Bertz CT molecular complexity index is 1620. The number of benzene rings is 3. The van der Waals surface area contributed by atoms with E-state index in [1.807, 2.05) is 89.8 Å². The molecule has 0 aliphatic carbocycles. The van der Waals surface area contributed by atoms with Crippen molar-refractivity contribution in [3.05, 3.63) is 139 Å². The Hall–Kier alpha value is -4.63. The van der Waals surface area contributed by atoms with E-state index in [2.05, 4.69) is 10.3 Å². The summed E-state index contributed by atoms with van der Waals surface area (Å²) < 4.78 is 48.3.